The Morgan fingerprint density at radius 2 is 1.35 bits per heavy atom. The molecule has 134 valence electrons. The number of nitrogens with two attached hydrogens (primary N) is 1. The highest BCUT2D eigenvalue weighted by Gasteiger charge is 2.40. The van der Waals surface area contributed by atoms with Gasteiger partial charge < -0.3 is 10.2 Å². The zero-order chi connectivity index (χ0) is 18.6. The summed E-state index contributed by atoms with van der Waals surface area (Å²) >= 11 is 0. The molecule has 0 bridgehead atoms. The number of anilines is 1. The number of hydrogen-bond acceptors (Lipinski definition) is 4. The zero-order valence-corrected chi connectivity index (χ0v) is 16.9. The van der Waals surface area contributed by atoms with E-state index < -0.39 is 15.4 Å². The normalized spacial score (nSPS) is 12.6. The van der Waals surface area contributed by atoms with Crippen molar-refractivity contribution >= 4 is 15.6 Å². The highest BCUT2D eigenvalue weighted by molar-refractivity contribution is 6.32. The fourth-order valence-corrected chi connectivity index (χ4v) is 4.02. The molecule has 0 spiro atoms. The summed E-state index contributed by atoms with van der Waals surface area (Å²) in [5.74, 6) is 0.400. The third-order valence-electron chi connectivity index (χ3n) is 4.11. The Bertz CT molecular complexity index is 791. The summed E-state index contributed by atoms with van der Waals surface area (Å²) in [6, 6.07) is 20.5. The van der Waals surface area contributed by atoms with Gasteiger partial charge in [-0.25, -0.2) is 4.98 Å². The first-order chi connectivity index (χ1) is 12.4. The number of nitrogen functional groups attached to an aromatic ring is 1. The minimum Gasteiger partial charge on any atom is -0.405 e. The van der Waals surface area contributed by atoms with E-state index in [2.05, 4.69) is 55.0 Å². The van der Waals surface area contributed by atoms with Gasteiger partial charge in [0.25, 0.3) is 0 Å². The average Bonchev–Trinajstić information content (AvgIpc) is 2.64. The molecule has 1 heterocycles. The molecule has 0 saturated carbocycles. The van der Waals surface area contributed by atoms with Gasteiger partial charge in [0.2, 0.25) is 0 Å². The first-order valence-corrected chi connectivity index (χ1v) is 10.0. The smallest absolute Gasteiger partial charge is 0.169 e. The van der Waals surface area contributed by atoms with Crippen molar-refractivity contribution in [3.63, 3.8) is 0 Å². The van der Waals surface area contributed by atoms with Crippen LogP contribution < -0.4 is 5.73 Å². The lowest BCUT2D eigenvalue weighted by Gasteiger charge is -2.37. The molecule has 0 fully saturated rings. The Labute approximate surface area is 157 Å². The lowest BCUT2D eigenvalue weighted by molar-refractivity contribution is 0.151. The van der Waals surface area contributed by atoms with Crippen LogP contribution in [0.1, 0.15) is 37.6 Å². The summed E-state index contributed by atoms with van der Waals surface area (Å²) in [5, 5.41) is 0.135. The van der Waals surface area contributed by atoms with E-state index in [4.69, 9.17) is 10.2 Å². The summed E-state index contributed by atoms with van der Waals surface area (Å²) in [5.41, 5.74) is 7.83. The van der Waals surface area contributed by atoms with E-state index in [9.17, 15) is 0 Å². The molecule has 0 aliphatic rings. The van der Waals surface area contributed by atoms with Crippen LogP contribution in [0.5, 0.6) is 0 Å². The molecular formula is C21H25N3OSi. The SMILES string of the molecule is CC(C)(C)[SiH2]OC(c1ccccc1)(c1ccccc1)c1cnc(N)cn1. The second kappa shape index (κ2) is 7.39. The van der Waals surface area contributed by atoms with Gasteiger partial charge in [0.05, 0.1) is 18.1 Å². The van der Waals surface area contributed by atoms with E-state index in [0.717, 1.165) is 16.8 Å². The lowest BCUT2D eigenvalue weighted by Crippen LogP contribution is -2.37. The van der Waals surface area contributed by atoms with E-state index in [1.165, 1.54) is 0 Å². The monoisotopic (exact) mass is 363 g/mol. The molecule has 3 rings (SSSR count). The van der Waals surface area contributed by atoms with Crippen molar-refractivity contribution in [2.24, 2.45) is 0 Å². The number of aromatic nitrogens is 2. The molecule has 0 radical (unpaired) electrons. The van der Waals surface area contributed by atoms with Gasteiger partial charge in [-0.3, -0.25) is 4.98 Å². The number of nitrogens with zero attached hydrogens (tertiary/aromatic N) is 2. The van der Waals surface area contributed by atoms with Gasteiger partial charge in [-0.1, -0.05) is 81.4 Å². The van der Waals surface area contributed by atoms with Crippen molar-refractivity contribution in [2.75, 3.05) is 5.73 Å². The molecule has 0 saturated heterocycles. The van der Waals surface area contributed by atoms with E-state index in [-0.39, 0.29) is 5.04 Å². The molecule has 2 aromatic carbocycles. The van der Waals surface area contributed by atoms with Gasteiger partial charge >= 0.3 is 0 Å². The van der Waals surface area contributed by atoms with Crippen molar-refractivity contribution in [1.82, 2.24) is 9.97 Å². The van der Waals surface area contributed by atoms with Gasteiger partial charge in [-0.15, -0.1) is 0 Å². The molecule has 0 aliphatic carbocycles. The van der Waals surface area contributed by atoms with Crippen LogP contribution >= 0.6 is 0 Å². The third-order valence-corrected chi connectivity index (χ3v) is 5.56. The van der Waals surface area contributed by atoms with Crippen LogP contribution in [0, 0.1) is 0 Å². The third kappa shape index (κ3) is 3.84. The largest absolute Gasteiger partial charge is 0.405 e. The van der Waals surface area contributed by atoms with E-state index in [1.807, 2.05) is 36.4 Å². The Morgan fingerprint density at radius 1 is 0.808 bits per heavy atom. The molecule has 0 atom stereocenters. The molecule has 4 nitrogen and oxygen atoms in total. The minimum atomic E-state index is -0.895. The van der Waals surface area contributed by atoms with Crippen LogP contribution in [0.15, 0.2) is 73.1 Å². The molecule has 0 amide bonds. The summed E-state index contributed by atoms with van der Waals surface area (Å²) in [6.45, 7) is 6.65. The predicted molar refractivity (Wildman–Crippen MR) is 109 cm³/mol. The van der Waals surface area contributed by atoms with Gasteiger partial charge in [-0.05, 0) is 16.2 Å². The Kier molecular flexibility index (Phi) is 5.20. The molecule has 2 N–H and O–H groups in total. The van der Waals surface area contributed by atoms with Gasteiger partial charge in [0, 0.05) is 0 Å². The van der Waals surface area contributed by atoms with Crippen LogP contribution in [0.2, 0.25) is 5.04 Å². The minimum absolute atomic E-state index is 0.135. The summed E-state index contributed by atoms with van der Waals surface area (Å²) in [4.78, 5) is 8.91. The molecule has 5 heteroatoms. The number of hydrogen-bond donors (Lipinski definition) is 1. The summed E-state index contributed by atoms with van der Waals surface area (Å²) in [7, 11) is -0.895. The van der Waals surface area contributed by atoms with Crippen LogP contribution in [0.3, 0.4) is 0 Å². The van der Waals surface area contributed by atoms with Gasteiger partial charge in [0.1, 0.15) is 5.82 Å². The van der Waals surface area contributed by atoms with Crippen molar-refractivity contribution in [3.8, 4) is 0 Å². The zero-order valence-electron chi connectivity index (χ0n) is 15.5. The van der Waals surface area contributed by atoms with E-state index in [1.54, 1.807) is 12.4 Å². The quantitative estimate of drug-likeness (QED) is 0.703. The maximum atomic E-state index is 6.79. The van der Waals surface area contributed by atoms with E-state index in [0.29, 0.717) is 5.82 Å². The topological polar surface area (TPSA) is 61.0 Å². The van der Waals surface area contributed by atoms with Crippen LogP contribution in [-0.2, 0) is 10.0 Å². The van der Waals surface area contributed by atoms with Crippen molar-refractivity contribution in [2.45, 2.75) is 31.4 Å². The second-order valence-corrected chi connectivity index (χ2v) is 10.3. The van der Waals surface area contributed by atoms with Crippen molar-refractivity contribution in [3.05, 3.63) is 89.9 Å². The average molecular weight is 364 g/mol. The standard InChI is InChI=1S/C21H25N3OSi/c1-20(2,3)26-25-21(16-10-6-4-7-11-16,17-12-8-5-9-13-17)18-14-24-19(22)15-23-18/h4-15H,26H2,1-3H3,(H2,22,24). The fourth-order valence-electron chi connectivity index (χ4n) is 2.89. The second-order valence-electron chi connectivity index (χ2n) is 7.59. The molecule has 0 aliphatic heterocycles. The Balaban J connectivity index is 2.25. The fraction of sp³-hybridized carbons (Fsp3) is 0.238. The molecule has 0 unspecified atom stereocenters. The summed E-state index contributed by atoms with van der Waals surface area (Å²) in [6.07, 6.45) is 3.32. The first-order valence-electron chi connectivity index (χ1n) is 8.75. The molecule has 1 aromatic heterocycles. The van der Waals surface area contributed by atoms with Crippen molar-refractivity contribution in [1.29, 1.82) is 0 Å². The molecule has 26 heavy (non-hydrogen) atoms. The molecular weight excluding hydrogens is 338 g/mol. The highest BCUT2D eigenvalue weighted by atomic mass is 28.2. The Hall–Kier alpha value is -2.50. The first kappa shape index (κ1) is 18.3. The van der Waals surface area contributed by atoms with Crippen LogP contribution in [-0.4, -0.2) is 19.7 Å². The van der Waals surface area contributed by atoms with Crippen molar-refractivity contribution < 1.29 is 4.43 Å². The predicted octanol–water partition coefficient (Wildman–Crippen LogP) is 3.67. The van der Waals surface area contributed by atoms with E-state index >= 15 is 0 Å². The molecule has 3 aromatic rings. The maximum Gasteiger partial charge on any atom is 0.169 e. The van der Waals surface area contributed by atoms with Gasteiger partial charge in [-0.2, -0.15) is 0 Å². The van der Waals surface area contributed by atoms with Crippen LogP contribution in [0.25, 0.3) is 0 Å². The maximum absolute atomic E-state index is 6.79. The highest BCUT2D eigenvalue weighted by Crippen LogP contribution is 2.40. The summed E-state index contributed by atoms with van der Waals surface area (Å²) < 4.78 is 6.79. The van der Waals surface area contributed by atoms with Crippen LogP contribution in [0.4, 0.5) is 5.82 Å². The number of benzene rings is 2. The lowest BCUT2D eigenvalue weighted by atomic mass is 9.84. The van der Waals surface area contributed by atoms with Gasteiger partial charge in [0.15, 0.2) is 15.4 Å². The Morgan fingerprint density at radius 3 is 1.77 bits per heavy atom. The number of rotatable bonds is 5.